The van der Waals surface area contributed by atoms with E-state index in [0.717, 1.165) is 44.4 Å². The van der Waals surface area contributed by atoms with Crippen molar-refractivity contribution in [2.75, 3.05) is 11.6 Å². The molecule has 188 valence electrons. The fourth-order valence-corrected chi connectivity index (χ4v) is 6.00. The van der Waals surface area contributed by atoms with Crippen LogP contribution in [-0.4, -0.2) is 57.9 Å². The van der Waals surface area contributed by atoms with Crippen molar-refractivity contribution in [3.63, 3.8) is 0 Å². The average Bonchev–Trinajstić information content (AvgIpc) is 3.52. The van der Waals surface area contributed by atoms with E-state index in [9.17, 15) is 17.6 Å². The molecule has 1 N–H and O–H groups in total. The predicted molar refractivity (Wildman–Crippen MR) is 132 cm³/mol. The highest BCUT2D eigenvalue weighted by molar-refractivity contribution is 7.90. The molecule has 2 saturated carbocycles. The second-order valence-electron chi connectivity index (χ2n) is 10.0. The molecular weight excluding hydrogens is 485 g/mol. The van der Waals surface area contributed by atoms with E-state index >= 15 is 0 Å². The van der Waals surface area contributed by atoms with Gasteiger partial charge in [-0.1, -0.05) is 0 Å². The zero-order valence-electron chi connectivity index (χ0n) is 19.9. The topological polar surface area (TPSA) is 106 Å². The molecule has 4 fully saturated rings. The van der Waals surface area contributed by atoms with Crippen LogP contribution in [0.4, 0.5) is 20.7 Å². The fraction of sp³-hybridized carbons (Fsp3) is 0.400. The second kappa shape index (κ2) is 8.02. The van der Waals surface area contributed by atoms with Gasteiger partial charge in [0.2, 0.25) is 0 Å². The Hall–Kier alpha value is -3.47. The minimum absolute atomic E-state index is 0.0329. The van der Waals surface area contributed by atoms with Gasteiger partial charge < -0.3 is 14.6 Å². The molecule has 2 saturated heterocycles. The molecule has 11 heteroatoms. The third-order valence-corrected chi connectivity index (χ3v) is 8.64. The van der Waals surface area contributed by atoms with E-state index in [2.05, 4.69) is 15.3 Å². The molecular formula is C25H26FN5O4S. The lowest BCUT2D eigenvalue weighted by Gasteiger charge is -2.46. The number of carbonyl (C=O) groups excluding carboxylic acids is 1. The molecule has 2 atom stereocenters. The van der Waals surface area contributed by atoms with Crippen LogP contribution in [0.25, 0.3) is 17.2 Å². The molecule has 1 aromatic carbocycles. The number of rotatable bonds is 5. The minimum atomic E-state index is -3.51. The summed E-state index contributed by atoms with van der Waals surface area (Å²) < 4.78 is 45.6. The number of carbonyl (C=O) groups is 1. The van der Waals surface area contributed by atoms with Crippen LogP contribution in [0.15, 0.2) is 47.3 Å². The Morgan fingerprint density at radius 2 is 1.97 bits per heavy atom. The summed E-state index contributed by atoms with van der Waals surface area (Å²) in [6, 6.07) is 5.61. The molecule has 3 aromatic rings. The molecule has 36 heavy (non-hydrogen) atoms. The Bertz CT molecular complexity index is 1510. The molecule has 4 aliphatic rings. The number of fused-ring (bicyclic) bond motifs is 2. The molecule has 7 rings (SSSR count). The van der Waals surface area contributed by atoms with E-state index in [0.29, 0.717) is 16.9 Å². The minimum Gasteiger partial charge on any atom is -0.443 e. The van der Waals surface area contributed by atoms with Crippen molar-refractivity contribution in [2.24, 2.45) is 0 Å². The first-order valence-corrected chi connectivity index (χ1v) is 13.8. The lowest BCUT2D eigenvalue weighted by Crippen LogP contribution is -2.56. The summed E-state index contributed by atoms with van der Waals surface area (Å²) in [5.41, 5.74) is 1.59. The Labute approximate surface area is 207 Å². The summed E-state index contributed by atoms with van der Waals surface area (Å²) in [5.74, 6) is -0.293. The van der Waals surface area contributed by atoms with Gasteiger partial charge in [0, 0.05) is 18.7 Å². The normalized spacial score (nSPS) is 22.2. The number of hydrogen-bond donors (Lipinski definition) is 1. The van der Waals surface area contributed by atoms with E-state index in [-0.39, 0.29) is 34.4 Å². The third-order valence-electron chi connectivity index (χ3n) is 7.53. The Balaban J connectivity index is 1.23. The van der Waals surface area contributed by atoms with Crippen LogP contribution in [0.2, 0.25) is 0 Å². The standard InChI is InChI=1S/C25H26FN5O4S/c1-25(9-3-10-25)35-24(32)31-20-6-7-21(31)17(20)13-30-11-8-16-22(27-14-28-23(16)30)29-19-5-4-15(12-18(19)26)36(2,33)34/h4-5,8,11-14,20-21H,3,6-7,9-10H2,1-2H3,(H,27,28,29)/t20-,21-/m0/s1. The lowest BCUT2D eigenvalue weighted by atomic mass is 9.82. The number of nitrogens with one attached hydrogen (secondary N) is 1. The highest BCUT2D eigenvalue weighted by Gasteiger charge is 2.54. The molecule has 0 unspecified atom stereocenters. The van der Waals surface area contributed by atoms with Crippen molar-refractivity contribution in [3.05, 3.63) is 48.2 Å². The van der Waals surface area contributed by atoms with Gasteiger partial charge in [-0.15, -0.1) is 0 Å². The number of ether oxygens (including phenoxy) is 1. The number of anilines is 2. The first-order chi connectivity index (χ1) is 17.1. The monoisotopic (exact) mass is 511 g/mol. The Morgan fingerprint density at radius 3 is 2.61 bits per heavy atom. The van der Waals surface area contributed by atoms with Crippen LogP contribution in [0.1, 0.15) is 39.0 Å². The summed E-state index contributed by atoms with van der Waals surface area (Å²) in [6.07, 6.45) is 10.8. The Morgan fingerprint density at radius 1 is 1.22 bits per heavy atom. The van der Waals surface area contributed by atoms with Gasteiger partial charge in [0.25, 0.3) is 0 Å². The van der Waals surface area contributed by atoms with Crippen molar-refractivity contribution >= 4 is 44.7 Å². The number of halogens is 1. The SMILES string of the molecule is CC1(OC(=O)N2[C@H]3CC[C@H]2C3=Cn2ccc3c(Nc4ccc(S(C)(=O)=O)cc4F)ncnc32)CCC1. The summed E-state index contributed by atoms with van der Waals surface area (Å²) in [6.45, 7) is 2.00. The average molecular weight is 512 g/mol. The number of hydrogen-bond acceptors (Lipinski definition) is 7. The van der Waals surface area contributed by atoms with Gasteiger partial charge in [-0.3, -0.25) is 4.90 Å². The van der Waals surface area contributed by atoms with Crippen LogP contribution in [0, 0.1) is 5.82 Å². The van der Waals surface area contributed by atoms with Crippen molar-refractivity contribution < 1.29 is 22.3 Å². The molecule has 2 aromatic heterocycles. The first-order valence-electron chi connectivity index (χ1n) is 11.9. The van der Waals surface area contributed by atoms with Gasteiger partial charge in [-0.2, -0.15) is 0 Å². The second-order valence-corrected chi connectivity index (χ2v) is 12.1. The van der Waals surface area contributed by atoms with E-state index < -0.39 is 15.7 Å². The first kappa shape index (κ1) is 23.0. The highest BCUT2D eigenvalue weighted by atomic mass is 32.2. The maximum Gasteiger partial charge on any atom is 0.411 e. The van der Waals surface area contributed by atoms with Gasteiger partial charge in [0.05, 0.1) is 28.1 Å². The van der Waals surface area contributed by atoms with Gasteiger partial charge in [-0.05, 0) is 68.9 Å². The molecule has 0 spiro atoms. The smallest absolute Gasteiger partial charge is 0.411 e. The van der Waals surface area contributed by atoms with Crippen LogP contribution in [0.5, 0.6) is 0 Å². The van der Waals surface area contributed by atoms with Crippen LogP contribution >= 0.6 is 0 Å². The number of nitrogens with zero attached hydrogens (tertiary/aromatic N) is 4. The van der Waals surface area contributed by atoms with Gasteiger partial charge in [0.1, 0.15) is 29.2 Å². The third kappa shape index (κ3) is 3.73. The van der Waals surface area contributed by atoms with Gasteiger partial charge >= 0.3 is 6.09 Å². The molecule has 2 aliphatic carbocycles. The molecule has 1 amide bonds. The highest BCUT2D eigenvalue weighted by Crippen LogP contribution is 2.47. The Kier molecular flexibility index (Phi) is 5.12. The number of benzene rings is 1. The molecule has 2 bridgehead atoms. The molecule has 2 aliphatic heterocycles. The lowest BCUT2D eigenvalue weighted by molar-refractivity contribution is -0.0565. The van der Waals surface area contributed by atoms with Crippen LogP contribution < -0.4 is 5.32 Å². The maximum absolute atomic E-state index is 14.6. The van der Waals surface area contributed by atoms with Crippen molar-refractivity contribution in [3.8, 4) is 0 Å². The summed E-state index contributed by atoms with van der Waals surface area (Å²) in [5, 5.41) is 3.63. The number of aromatic nitrogens is 3. The zero-order valence-corrected chi connectivity index (χ0v) is 20.8. The summed E-state index contributed by atoms with van der Waals surface area (Å²) in [4.78, 5) is 23.2. The zero-order chi connectivity index (χ0) is 25.2. The molecule has 0 radical (unpaired) electrons. The maximum atomic E-state index is 14.6. The molecule has 9 nitrogen and oxygen atoms in total. The van der Waals surface area contributed by atoms with E-state index in [1.165, 1.54) is 24.0 Å². The summed E-state index contributed by atoms with van der Waals surface area (Å²) in [7, 11) is -3.51. The number of amides is 1. The van der Waals surface area contributed by atoms with Crippen LogP contribution in [0.3, 0.4) is 0 Å². The summed E-state index contributed by atoms with van der Waals surface area (Å²) >= 11 is 0. The van der Waals surface area contributed by atoms with Crippen molar-refractivity contribution in [2.45, 2.75) is 61.6 Å². The van der Waals surface area contributed by atoms with E-state index in [1.807, 2.05) is 34.9 Å². The largest absolute Gasteiger partial charge is 0.443 e. The van der Waals surface area contributed by atoms with Crippen molar-refractivity contribution in [1.29, 1.82) is 0 Å². The van der Waals surface area contributed by atoms with E-state index in [1.54, 1.807) is 0 Å². The van der Waals surface area contributed by atoms with Gasteiger partial charge in [0.15, 0.2) is 9.84 Å². The predicted octanol–water partition coefficient (Wildman–Crippen LogP) is 4.48. The van der Waals surface area contributed by atoms with Gasteiger partial charge in [-0.25, -0.2) is 27.6 Å². The number of sulfone groups is 1. The quantitative estimate of drug-likeness (QED) is 0.538. The van der Waals surface area contributed by atoms with Crippen molar-refractivity contribution in [1.82, 2.24) is 19.4 Å². The molecule has 4 heterocycles. The van der Waals surface area contributed by atoms with Crippen LogP contribution in [-0.2, 0) is 14.6 Å². The fourth-order valence-electron chi connectivity index (χ4n) is 5.36. The van der Waals surface area contributed by atoms with E-state index in [4.69, 9.17) is 4.74 Å².